The maximum atomic E-state index is 4.42. The number of anilines is 1. The van der Waals surface area contributed by atoms with Crippen LogP contribution in [0.5, 0.6) is 0 Å². The molecule has 4 nitrogen and oxygen atoms in total. The van der Waals surface area contributed by atoms with Gasteiger partial charge in [0.15, 0.2) is 0 Å². The molecule has 0 saturated heterocycles. The second-order valence-corrected chi connectivity index (χ2v) is 5.28. The molecule has 102 valence electrons. The van der Waals surface area contributed by atoms with E-state index in [1.54, 1.807) is 0 Å². The Balaban J connectivity index is 2.52. The molecule has 4 heteroatoms. The summed E-state index contributed by atoms with van der Waals surface area (Å²) in [6.07, 6.45) is 4.92. The molecule has 1 rings (SSSR count). The first-order chi connectivity index (χ1) is 8.54. The topological polar surface area (TPSA) is 41.1 Å². The maximum absolute atomic E-state index is 4.42. The number of nitrogens with one attached hydrogen (secondary N) is 1. The Morgan fingerprint density at radius 3 is 2.33 bits per heavy atom. The van der Waals surface area contributed by atoms with Crippen molar-refractivity contribution in [2.75, 3.05) is 18.5 Å². The fourth-order valence-corrected chi connectivity index (χ4v) is 1.60. The van der Waals surface area contributed by atoms with Gasteiger partial charge in [0.05, 0.1) is 0 Å². The lowest BCUT2D eigenvalue weighted by Crippen LogP contribution is -2.29. The zero-order valence-electron chi connectivity index (χ0n) is 12.3. The Labute approximate surface area is 111 Å². The van der Waals surface area contributed by atoms with E-state index in [0.717, 1.165) is 31.0 Å². The summed E-state index contributed by atoms with van der Waals surface area (Å²) in [5, 5.41) is 3.39. The number of aromatic nitrogens is 2. The molecule has 0 spiro atoms. The molecule has 0 amide bonds. The molecule has 1 N–H and O–H groups in total. The van der Waals surface area contributed by atoms with Gasteiger partial charge in [0.1, 0.15) is 0 Å². The third-order valence-corrected chi connectivity index (χ3v) is 3.14. The Morgan fingerprint density at radius 1 is 1.22 bits per heavy atom. The van der Waals surface area contributed by atoms with E-state index in [0.29, 0.717) is 12.0 Å². The molecule has 18 heavy (non-hydrogen) atoms. The van der Waals surface area contributed by atoms with Crippen LogP contribution < -0.4 is 10.2 Å². The van der Waals surface area contributed by atoms with Crippen molar-refractivity contribution in [2.24, 2.45) is 5.92 Å². The lowest BCUT2D eigenvalue weighted by atomic mass is 10.2. The van der Waals surface area contributed by atoms with Crippen LogP contribution in [0.2, 0.25) is 0 Å². The van der Waals surface area contributed by atoms with Gasteiger partial charge in [-0.25, -0.2) is 9.97 Å². The van der Waals surface area contributed by atoms with E-state index in [-0.39, 0.29) is 0 Å². The summed E-state index contributed by atoms with van der Waals surface area (Å²) in [6.45, 7) is 10.6. The third-order valence-electron chi connectivity index (χ3n) is 3.14. The second-order valence-electron chi connectivity index (χ2n) is 5.28. The van der Waals surface area contributed by atoms with Crippen molar-refractivity contribution in [1.82, 2.24) is 15.3 Å². The van der Waals surface area contributed by atoms with E-state index in [9.17, 15) is 0 Å². The summed E-state index contributed by atoms with van der Waals surface area (Å²) < 4.78 is 0. The van der Waals surface area contributed by atoms with Gasteiger partial charge in [0.25, 0.3) is 0 Å². The highest BCUT2D eigenvalue weighted by atomic mass is 15.2. The minimum atomic E-state index is 0.468. The van der Waals surface area contributed by atoms with Gasteiger partial charge in [0, 0.05) is 37.6 Å². The molecule has 0 saturated carbocycles. The average molecular weight is 250 g/mol. The van der Waals surface area contributed by atoms with Gasteiger partial charge in [-0.3, -0.25) is 0 Å². The van der Waals surface area contributed by atoms with Crippen molar-refractivity contribution in [3.05, 3.63) is 18.0 Å². The Morgan fingerprint density at radius 2 is 1.83 bits per heavy atom. The van der Waals surface area contributed by atoms with Crippen LogP contribution in [0.4, 0.5) is 5.95 Å². The lowest BCUT2D eigenvalue weighted by Gasteiger charge is -2.23. The first-order valence-electron chi connectivity index (χ1n) is 6.79. The summed E-state index contributed by atoms with van der Waals surface area (Å²) in [5.41, 5.74) is 1.14. The quantitative estimate of drug-likeness (QED) is 0.807. The monoisotopic (exact) mass is 250 g/mol. The molecule has 0 aliphatic heterocycles. The second kappa shape index (κ2) is 7.31. The van der Waals surface area contributed by atoms with Gasteiger partial charge < -0.3 is 10.2 Å². The number of hydrogen-bond acceptors (Lipinski definition) is 4. The minimum absolute atomic E-state index is 0.468. The molecule has 1 aromatic rings. The predicted octanol–water partition coefficient (Wildman–Crippen LogP) is 2.46. The number of hydrogen-bond donors (Lipinski definition) is 1. The molecule has 0 aromatic carbocycles. The Kier molecular flexibility index (Phi) is 6.05. The van der Waals surface area contributed by atoms with Gasteiger partial charge in [-0.1, -0.05) is 20.8 Å². The highest BCUT2D eigenvalue weighted by Crippen LogP contribution is 2.10. The summed E-state index contributed by atoms with van der Waals surface area (Å²) in [7, 11) is 2.04. The Hall–Kier alpha value is -1.16. The predicted molar refractivity (Wildman–Crippen MR) is 76.7 cm³/mol. The molecular formula is C14H26N4. The van der Waals surface area contributed by atoms with Gasteiger partial charge in [-0.05, 0) is 25.8 Å². The van der Waals surface area contributed by atoms with Crippen LogP contribution in [0.25, 0.3) is 0 Å². The van der Waals surface area contributed by atoms with Crippen LogP contribution in [-0.2, 0) is 6.54 Å². The molecule has 1 unspecified atom stereocenters. The first-order valence-corrected chi connectivity index (χ1v) is 6.79. The van der Waals surface area contributed by atoms with Crippen LogP contribution in [0.3, 0.4) is 0 Å². The van der Waals surface area contributed by atoms with Crippen molar-refractivity contribution >= 4 is 5.95 Å². The van der Waals surface area contributed by atoms with Crippen LogP contribution in [-0.4, -0.2) is 29.6 Å². The van der Waals surface area contributed by atoms with Crippen molar-refractivity contribution in [3.63, 3.8) is 0 Å². The van der Waals surface area contributed by atoms with Gasteiger partial charge in [-0.15, -0.1) is 0 Å². The van der Waals surface area contributed by atoms with E-state index in [4.69, 9.17) is 0 Å². The van der Waals surface area contributed by atoms with Crippen LogP contribution in [0.1, 0.15) is 39.7 Å². The zero-order chi connectivity index (χ0) is 13.5. The normalized spacial score (nSPS) is 12.8. The minimum Gasteiger partial charge on any atom is -0.341 e. The summed E-state index contributed by atoms with van der Waals surface area (Å²) in [5.74, 6) is 1.47. The standard InChI is InChI=1S/C14H26N4/c1-6-12(4)18(5)14-16-9-13(10-17-14)8-15-7-11(2)3/h9-12,15H,6-8H2,1-5H3. The number of rotatable bonds is 7. The molecule has 0 aliphatic carbocycles. The summed E-state index contributed by atoms with van der Waals surface area (Å²) in [6, 6.07) is 0.468. The zero-order valence-corrected chi connectivity index (χ0v) is 12.3. The average Bonchev–Trinajstić information content (AvgIpc) is 2.37. The molecule has 1 atom stereocenters. The van der Waals surface area contributed by atoms with Crippen LogP contribution >= 0.6 is 0 Å². The molecule has 0 radical (unpaired) electrons. The molecule has 1 heterocycles. The van der Waals surface area contributed by atoms with E-state index in [1.165, 1.54) is 0 Å². The highest BCUT2D eigenvalue weighted by Gasteiger charge is 2.10. The molecule has 0 aliphatic rings. The third kappa shape index (κ3) is 4.61. The van der Waals surface area contributed by atoms with Gasteiger partial charge in [0.2, 0.25) is 5.95 Å². The fourth-order valence-electron chi connectivity index (χ4n) is 1.60. The lowest BCUT2D eigenvalue weighted by molar-refractivity contribution is 0.551. The van der Waals surface area contributed by atoms with E-state index in [1.807, 2.05) is 19.4 Å². The van der Waals surface area contributed by atoms with Crippen molar-refractivity contribution in [3.8, 4) is 0 Å². The Bertz CT molecular complexity index is 334. The van der Waals surface area contributed by atoms with Gasteiger partial charge >= 0.3 is 0 Å². The first kappa shape index (κ1) is 14.9. The van der Waals surface area contributed by atoms with Crippen molar-refractivity contribution in [1.29, 1.82) is 0 Å². The SMILES string of the molecule is CCC(C)N(C)c1ncc(CNCC(C)C)cn1. The summed E-state index contributed by atoms with van der Waals surface area (Å²) in [4.78, 5) is 11.0. The highest BCUT2D eigenvalue weighted by molar-refractivity contribution is 5.29. The van der Waals surface area contributed by atoms with E-state index in [2.05, 4.69) is 47.9 Å². The molecule has 1 aromatic heterocycles. The van der Waals surface area contributed by atoms with Crippen molar-refractivity contribution < 1.29 is 0 Å². The van der Waals surface area contributed by atoms with E-state index >= 15 is 0 Å². The molecule has 0 bridgehead atoms. The fraction of sp³-hybridized carbons (Fsp3) is 0.714. The van der Waals surface area contributed by atoms with Crippen molar-refractivity contribution in [2.45, 2.75) is 46.7 Å². The molecular weight excluding hydrogens is 224 g/mol. The maximum Gasteiger partial charge on any atom is 0.225 e. The van der Waals surface area contributed by atoms with Crippen LogP contribution in [0, 0.1) is 5.92 Å². The van der Waals surface area contributed by atoms with E-state index < -0.39 is 0 Å². The largest absolute Gasteiger partial charge is 0.341 e. The smallest absolute Gasteiger partial charge is 0.225 e. The van der Waals surface area contributed by atoms with Gasteiger partial charge in [-0.2, -0.15) is 0 Å². The number of nitrogens with zero attached hydrogens (tertiary/aromatic N) is 3. The summed E-state index contributed by atoms with van der Waals surface area (Å²) >= 11 is 0. The molecule has 0 fully saturated rings. The van der Waals surface area contributed by atoms with Crippen LogP contribution in [0.15, 0.2) is 12.4 Å².